The average molecular weight is 207 g/mol. The molecule has 2 nitrogen and oxygen atoms in total. The third kappa shape index (κ3) is 4.80. The highest BCUT2D eigenvalue weighted by atomic mass is 79.9. The standard InChI is InChI=1S/C7H11BrO2/c1-9-7(10-2)5-3-4-6-8/h7H,4,6H2,1-2H3. The number of ether oxygens (including phenoxy) is 2. The smallest absolute Gasteiger partial charge is 0.221 e. The van der Waals surface area contributed by atoms with E-state index in [4.69, 9.17) is 9.47 Å². The van der Waals surface area contributed by atoms with Crippen LogP contribution in [0.5, 0.6) is 0 Å². The number of rotatable bonds is 3. The summed E-state index contributed by atoms with van der Waals surface area (Å²) in [5.74, 6) is 5.69. The maximum absolute atomic E-state index is 4.83. The molecule has 0 fully saturated rings. The predicted molar refractivity (Wildman–Crippen MR) is 44.0 cm³/mol. The number of methoxy groups -OCH3 is 2. The molecule has 0 heterocycles. The van der Waals surface area contributed by atoms with Gasteiger partial charge in [-0.1, -0.05) is 21.9 Å². The molecule has 0 spiro atoms. The molecule has 3 heteroatoms. The van der Waals surface area contributed by atoms with E-state index in [-0.39, 0.29) is 6.29 Å². The van der Waals surface area contributed by atoms with Gasteiger partial charge in [-0.2, -0.15) is 0 Å². The molecule has 58 valence electrons. The van der Waals surface area contributed by atoms with E-state index in [2.05, 4.69) is 27.8 Å². The molecule has 0 rings (SSSR count). The summed E-state index contributed by atoms with van der Waals surface area (Å²) in [5, 5.41) is 0.889. The molecular weight excluding hydrogens is 196 g/mol. The first-order valence-electron chi connectivity index (χ1n) is 2.95. The van der Waals surface area contributed by atoms with Crippen LogP contribution in [0.15, 0.2) is 0 Å². The van der Waals surface area contributed by atoms with Gasteiger partial charge in [0, 0.05) is 26.0 Å². The first kappa shape index (κ1) is 9.96. The van der Waals surface area contributed by atoms with Gasteiger partial charge in [-0.25, -0.2) is 0 Å². The van der Waals surface area contributed by atoms with Gasteiger partial charge in [-0.15, -0.1) is 0 Å². The summed E-state index contributed by atoms with van der Waals surface area (Å²) in [4.78, 5) is 0. The fourth-order valence-corrected chi connectivity index (χ4v) is 0.615. The molecule has 0 saturated carbocycles. The molecule has 0 aliphatic heterocycles. The van der Waals surface area contributed by atoms with E-state index in [9.17, 15) is 0 Å². The van der Waals surface area contributed by atoms with Crippen molar-refractivity contribution in [3.63, 3.8) is 0 Å². The molecule has 0 aromatic rings. The van der Waals surface area contributed by atoms with Crippen LogP contribution >= 0.6 is 15.9 Å². The van der Waals surface area contributed by atoms with Crippen molar-refractivity contribution < 1.29 is 9.47 Å². The molecule has 0 aromatic carbocycles. The summed E-state index contributed by atoms with van der Waals surface area (Å²) in [7, 11) is 3.13. The Morgan fingerprint density at radius 3 is 2.40 bits per heavy atom. The van der Waals surface area contributed by atoms with Crippen LogP contribution in [0, 0.1) is 11.8 Å². The average Bonchev–Trinajstić information content (AvgIpc) is 1.99. The van der Waals surface area contributed by atoms with Gasteiger partial charge < -0.3 is 9.47 Å². The second-order valence-corrected chi connectivity index (χ2v) is 2.36. The van der Waals surface area contributed by atoms with Gasteiger partial charge in [0.25, 0.3) is 0 Å². The lowest BCUT2D eigenvalue weighted by molar-refractivity contribution is -0.0595. The highest BCUT2D eigenvalue weighted by molar-refractivity contribution is 9.09. The van der Waals surface area contributed by atoms with E-state index in [0.717, 1.165) is 11.8 Å². The topological polar surface area (TPSA) is 18.5 Å². The van der Waals surface area contributed by atoms with Crippen molar-refractivity contribution in [3.8, 4) is 11.8 Å². The minimum Gasteiger partial charge on any atom is -0.345 e. The van der Waals surface area contributed by atoms with Gasteiger partial charge in [-0.05, 0) is 5.92 Å². The lowest BCUT2D eigenvalue weighted by atomic mass is 10.4. The minimum absolute atomic E-state index is 0.376. The lowest BCUT2D eigenvalue weighted by Crippen LogP contribution is -2.09. The number of hydrogen-bond acceptors (Lipinski definition) is 2. The van der Waals surface area contributed by atoms with Gasteiger partial charge in [0.1, 0.15) is 0 Å². The Morgan fingerprint density at radius 2 is 2.00 bits per heavy atom. The zero-order valence-corrected chi connectivity index (χ0v) is 7.77. The monoisotopic (exact) mass is 206 g/mol. The van der Waals surface area contributed by atoms with Crippen LogP contribution in [0.3, 0.4) is 0 Å². The van der Waals surface area contributed by atoms with Crippen LogP contribution in [0.1, 0.15) is 6.42 Å². The molecule has 0 atom stereocenters. The third-order valence-electron chi connectivity index (χ3n) is 0.868. The van der Waals surface area contributed by atoms with Crippen molar-refractivity contribution in [2.45, 2.75) is 12.7 Å². The van der Waals surface area contributed by atoms with Crippen LogP contribution in [-0.2, 0) is 9.47 Å². The van der Waals surface area contributed by atoms with Crippen LogP contribution in [0.2, 0.25) is 0 Å². The number of halogens is 1. The summed E-state index contributed by atoms with van der Waals surface area (Å²) in [6.45, 7) is 0. The summed E-state index contributed by atoms with van der Waals surface area (Å²) in [6, 6.07) is 0. The summed E-state index contributed by atoms with van der Waals surface area (Å²) >= 11 is 3.26. The molecule has 0 aliphatic rings. The highest BCUT2D eigenvalue weighted by Crippen LogP contribution is 1.88. The fourth-order valence-electron chi connectivity index (χ4n) is 0.417. The van der Waals surface area contributed by atoms with E-state index in [1.807, 2.05) is 0 Å². The van der Waals surface area contributed by atoms with Gasteiger partial charge in [0.05, 0.1) is 0 Å². The van der Waals surface area contributed by atoms with E-state index in [1.54, 1.807) is 14.2 Å². The molecule has 0 saturated heterocycles. The molecule has 0 N–H and O–H groups in total. The van der Waals surface area contributed by atoms with Crippen molar-refractivity contribution in [1.29, 1.82) is 0 Å². The Hall–Kier alpha value is -0.0400. The fraction of sp³-hybridized carbons (Fsp3) is 0.714. The third-order valence-corrected chi connectivity index (χ3v) is 1.26. The summed E-state index contributed by atoms with van der Waals surface area (Å²) < 4.78 is 9.67. The molecule has 0 bridgehead atoms. The van der Waals surface area contributed by atoms with Crippen molar-refractivity contribution >= 4 is 15.9 Å². The molecule has 0 aromatic heterocycles. The molecule has 0 aliphatic carbocycles. The van der Waals surface area contributed by atoms with Gasteiger partial charge in [-0.3, -0.25) is 0 Å². The number of hydrogen-bond donors (Lipinski definition) is 0. The molecule has 0 amide bonds. The quantitative estimate of drug-likeness (QED) is 0.395. The van der Waals surface area contributed by atoms with Crippen molar-refractivity contribution in [2.24, 2.45) is 0 Å². The predicted octanol–water partition coefficient (Wildman–Crippen LogP) is 1.39. The van der Waals surface area contributed by atoms with E-state index in [1.165, 1.54) is 0 Å². The number of alkyl halides is 1. The molecular formula is C7H11BrO2. The first-order chi connectivity index (χ1) is 4.85. The van der Waals surface area contributed by atoms with Crippen LogP contribution in [0.4, 0.5) is 0 Å². The Balaban J connectivity index is 3.52. The Kier molecular flexibility index (Phi) is 7.04. The van der Waals surface area contributed by atoms with Crippen LogP contribution in [0.25, 0.3) is 0 Å². The summed E-state index contributed by atoms with van der Waals surface area (Å²) in [5.41, 5.74) is 0. The normalized spacial score (nSPS) is 9.20. The van der Waals surface area contributed by atoms with Crippen LogP contribution < -0.4 is 0 Å². The molecule has 0 unspecified atom stereocenters. The van der Waals surface area contributed by atoms with Gasteiger partial charge in [0.2, 0.25) is 6.29 Å². The van der Waals surface area contributed by atoms with Crippen LogP contribution in [-0.4, -0.2) is 25.8 Å². The van der Waals surface area contributed by atoms with E-state index in [0.29, 0.717) is 0 Å². The second-order valence-electron chi connectivity index (χ2n) is 1.56. The molecule has 0 radical (unpaired) electrons. The van der Waals surface area contributed by atoms with Crippen molar-refractivity contribution in [3.05, 3.63) is 0 Å². The highest BCUT2D eigenvalue weighted by Gasteiger charge is 1.95. The maximum atomic E-state index is 4.83. The van der Waals surface area contributed by atoms with E-state index >= 15 is 0 Å². The maximum Gasteiger partial charge on any atom is 0.221 e. The zero-order chi connectivity index (χ0) is 7.82. The van der Waals surface area contributed by atoms with Crippen molar-refractivity contribution in [1.82, 2.24) is 0 Å². The lowest BCUT2D eigenvalue weighted by Gasteiger charge is -2.03. The van der Waals surface area contributed by atoms with Crippen molar-refractivity contribution in [2.75, 3.05) is 19.5 Å². The minimum atomic E-state index is -0.376. The molecule has 10 heavy (non-hydrogen) atoms. The second kappa shape index (κ2) is 7.07. The Morgan fingerprint density at radius 1 is 1.40 bits per heavy atom. The zero-order valence-electron chi connectivity index (χ0n) is 6.19. The summed E-state index contributed by atoms with van der Waals surface area (Å²) in [6.07, 6.45) is 0.447. The van der Waals surface area contributed by atoms with Gasteiger partial charge in [0.15, 0.2) is 0 Å². The Bertz CT molecular complexity index is 121. The van der Waals surface area contributed by atoms with Gasteiger partial charge >= 0.3 is 0 Å². The van der Waals surface area contributed by atoms with E-state index < -0.39 is 0 Å². The Labute approximate surface area is 70.0 Å². The first-order valence-corrected chi connectivity index (χ1v) is 4.07. The largest absolute Gasteiger partial charge is 0.345 e. The SMILES string of the molecule is COC(C#CCCBr)OC.